The Labute approximate surface area is 243 Å². The summed E-state index contributed by atoms with van der Waals surface area (Å²) in [5, 5.41) is 6.47. The molecule has 1 saturated carbocycles. The number of hydrogen-bond donors (Lipinski definition) is 0. The summed E-state index contributed by atoms with van der Waals surface area (Å²) in [5.41, 5.74) is 3.76. The van der Waals surface area contributed by atoms with Gasteiger partial charge >= 0.3 is 0 Å². The van der Waals surface area contributed by atoms with Crippen molar-refractivity contribution in [1.29, 1.82) is 0 Å². The minimum absolute atomic E-state index is 0.00147. The molecule has 0 aromatic heterocycles. The first-order valence-corrected chi connectivity index (χ1v) is 14.7. The number of benzene rings is 2. The fourth-order valence-electron chi connectivity index (χ4n) is 6.01. The zero-order chi connectivity index (χ0) is 28.8. The molecule has 0 radical (unpaired) electrons. The number of amides is 2. The second-order valence-electron chi connectivity index (χ2n) is 11.2. The summed E-state index contributed by atoms with van der Waals surface area (Å²) in [6.45, 7) is 6.41. The topological polar surface area (TPSA) is 83.9 Å². The van der Waals surface area contributed by atoms with Crippen molar-refractivity contribution in [2.24, 2.45) is 11.0 Å². The molecule has 2 heterocycles. The maximum absolute atomic E-state index is 14.0. The number of carbonyl (C=O) groups is 2. The predicted octanol–water partition coefficient (Wildman–Crippen LogP) is 4.04. The molecule has 1 saturated heterocycles. The molecule has 2 aromatic carbocycles. The van der Waals surface area contributed by atoms with E-state index in [-0.39, 0.29) is 30.3 Å². The van der Waals surface area contributed by atoms with Crippen molar-refractivity contribution in [2.75, 3.05) is 60.2 Å². The predicted molar refractivity (Wildman–Crippen MR) is 157 cm³/mol. The van der Waals surface area contributed by atoms with Gasteiger partial charge in [-0.1, -0.05) is 42.7 Å². The highest BCUT2D eigenvalue weighted by molar-refractivity contribution is 6.05. The molecule has 0 N–H and O–H groups in total. The van der Waals surface area contributed by atoms with Crippen molar-refractivity contribution >= 4 is 17.5 Å². The summed E-state index contributed by atoms with van der Waals surface area (Å²) < 4.78 is 16.5. The first-order chi connectivity index (χ1) is 20.0. The van der Waals surface area contributed by atoms with E-state index in [9.17, 15) is 9.59 Å². The number of morpholine rings is 1. The number of aryl methyl sites for hydroxylation is 1. The second-order valence-corrected chi connectivity index (χ2v) is 11.2. The Kier molecular flexibility index (Phi) is 9.57. The van der Waals surface area contributed by atoms with Crippen molar-refractivity contribution in [3.63, 3.8) is 0 Å². The highest BCUT2D eigenvalue weighted by Gasteiger charge is 2.36. The van der Waals surface area contributed by atoms with Gasteiger partial charge in [0.25, 0.3) is 5.91 Å². The van der Waals surface area contributed by atoms with E-state index >= 15 is 0 Å². The monoisotopic (exact) mass is 562 g/mol. The molecule has 41 heavy (non-hydrogen) atoms. The van der Waals surface area contributed by atoms with E-state index in [1.807, 2.05) is 25.1 Å². The van der Waals surface area contributed by atoms with Crippen molar-refractivity contribution in [2.45, 2.75) is 45.1 Å². The van der Waals surface area contributed by atoms with Gasteiger partial charge in [0.1, 0.15) is 18.0 Å². The number of hydrogen-bond acceptors (Lipinski definition) is 7. The molecule has 2 aliphatic heterocycles. The molecule has 2 aromatic rings. The van der Waals surface area contributed by atoms with Crippen LogP contribution in [0.3, 0.4) is 0 Å². The van der Waals surface area contributed by atoms with Gasteiger partial charge in [0, 0.05) is 50.1 Å². The fraction of sp³-hybridized carbons (Fsp3) is 0.531. The molecule has 1 aliphatic carbocycles. The minimum Gasteiger partial charge on any atom is -0.497 e. The molecule has 5 rings (SSSR count). The summed E-state index contributed by atoms with van der Waals surface area (Å²) in [7, 11) is 3.24. The molecule has 0 bridgehead atoms. The maximum Gasteiger partial charge on any atom is 0.262 e. The first kappa shape index (κ1) is 29.1. The minimum atomic E-state index is -0.271. The van der Waals surface area contributed by atoms with Crippen molar-refractivity contribution in [3.8, 4) is 11.5 Å². The smallest absolute Gasteiger partial charge is 0.262 e. The molecule has 3 aliphatic rings. The van der Waals surface area contributed by atoms with Crippen LogP contribution in [0.1, 0.15) is 54.8 Å². The van der Waals surface area contributed by atoms with Gasteiger partial charge in [-0.2, -0.15) is 5.10 Å². The fourth-order valence-corrected chi connectivity index (χ4v) is 6.01. The third-order valence-electron chi connectivity index (χ3n) is 8.48. The van der Waals surface area contributed by atoms with Crippen LogP contribution in [0.5, 0.6) is 11.5 Å². The molecule has 2 amide bonds. The second kappa shape index (κ2) is 13.5. The molecular formula is C32H42N4O5. The van der Waals surface area contributed by atoms with Crippen LogP contribution in [0.25, 0.3) is 0 Å². The normalized spacial score (nSPS) is 19.7. The van der Waals surface area contributed by atoms with E-state index in [0.29, 0.717) is 37.7 Å². The summed E-state index contributed by atoms with van der Waals surface area (Å²) >= 11 is 0. The first-order valence-electron chi connectivity index (χ1n) is 14.7. The van der Waals surface area contributed by atoms with Gasteiger partial charge in [0.2, 0.25) is 5.91 Å². The van der Waals surface area contributed by atoms with E-state index in [1.54, 1.807) is 24.1 Å². The van der Waals surface area contributed by atoms with Gasteiger partial charge < -0.3 is 19.1 Å². The molecule has 9 nitrogen and oxygen atoms in total. The molecule has 9 heteroatoms. The average Bonchev–Trinajstić information content (AvgIpc) is 3.71. The van der Waals surface area contributed by atoms with Crippen LogP contribution >= 0.6 is 0 Å². The molecule has 220 valence electrons. The largest absolute Gasteiger partial charge is 0.497 e. The quantitative estimate of drug-likeness (QED) is 0.435. The van der Waals surface area contributed by atoms with Gasteiger partial charge in [-0.15, -0.1) is 0 Å². The van der Waals surface area contributed by atoms with E-state index < -0.39 is 0 Å². The number of nitrogens with zero attached hydrogens (tertiary/aromatic N) is 4. The molecule has 2 fully saturated rings. The molecule has 1 atom stereocenters. The third kappa shape index (κ3) is 6.90. The van der Waals surface area contributed by atoms with E-state index in [4.69, 9.17) is 19.3 Å². The number of ether oxygens (including phenoxy) is 3. The summed E-state index contributed by atoms with van der Waals surface area (Å²) in [6, 6.07) is 13.6. The molecule has 1 unspecified atom stereocenters. The lowest BCUT2D eigenvalue weighted by Gasteiger charge is -2.32. The van der Waals surface area contributed by atoms with Crippen LogP contribution in [0, 0.1) is 12.8 Å². The lowest BCUT2D eigenvalue weighted by atomic mass is 9.97. The SMILES string of the molecule is COc1ccc(C2=NN(C(=O)CN(CCN3CCOCC3)C(=O)C3CCCC3)C(c3ccc(C)cc3)C2)c(OC)c1. The van der Waals surface area contributed by atoms with E-state index in [2.05, 4.69) is 29.2 Å². The molecule has 0 spiro atoms. The Bertz CT molecular complexity index is 1240. The number of rotatable bonds is 10. The third-order valence-corrected chi connectivity index (χ3v) is 8.48. The van der Waals surface area contributed by atoms with Crippen LogP contribution in [-0.4, -0.2) is 92.5 Å². The summed E-state index contributed by atoms with van der Waals surface area (Å²) in [4.78, 5) is 31.8. The lowest BCUT2D eigenvalue weighted by molar-refractivity contribution is -0.144. The zero-order valence-electron chi connectivity index (χ0n) is 24.5. The Balaban J connectivity index is 1.41. The molecular weight excluding hydrogens is 520 g/mol. The van der Waals surface area contributed by atoms with E-state index in [0.717, 1.165) is 67.7 Å². The number of carbonyl (C=O) groups excluding carboxylic acids is 2. The standard InChI is InChI=1S/C32H42N4O5/c1-23-8-10-24(11-9-23)29-21-28(27-13-12-26(39-2)20-30(27)40-3)33-36(29)31(37)22-35(32(38)25-6-4-5-7-25)15-14-34-16-18-41-19-17-34/h8-13,20,25,29H,4-7,14-19,21-22H2,1-3H3. The number of hydrazone groups is 1. The highest BCUT2D eigenvalue weighted by atomic mass is 16.5. The van der Waals surface area contributed by atoms with Crippen LogP contribution in [0.15, 0.2) is 47.6 Å². The Morgan fingerprint density at radius 1 is 1.02 bits per heavy atom. The van der Waals surface area contributed by atoms with Gasteiger partial charge in [-0.25, -0.2) is 5.01 Å². The van der Waals surface area contributed by atoms with Gasteiger partial charge in [0.05, 0.1) is 39.2 Å². The van der Waals surface area contributed by atoms with Crippen LogP contribution in [0.2, 0.25) is 0 Å². The van der Waals surface area contributed by atoms with Gasteiger partial charge in [-0.05, 0) is 37.5 Å². The average molecular weight is 563 g/mol. The van der Waals surface area contributed by atoms with Crippen molar-refractivity contribution in [3.05, 3.63) is 59.2 Å². The summed E-state index contributed by atoms with van der Waals surface area (Å²) in [6.07, 6.45) is 4.48. The maximum atomic E-state index is 14.0. The van der Waals surface area contributed by atoms with Gasteiger partial charge in [0.15, 0.2) is 0 Å². The lowest BCUT2D eigenvalue weighted by Crippen LogP contribution is -2.47. The van der Waals surface area contributed by atoms with Crippen molar-refractivity contribution < 1.29 is 23.8 Å². The Morgan fingerprint density at radius 2 is 1.76 bits per heavy atom. The highest BCUT2D eigenvalue weighted by Crippen LogP contribution is 2.36. The van der Waals surface area contributed by atoms with Crippen LogP contribution < -0.4 is 9.47 Å². The van der Waals surface area contributed by atoms with Crippen LogP contribution in [0.4, 0.5) is 0 Å². The van der Waals surface area contributed by atoms with Crippen LogP contribution in [-0.2, 0) is 14.3 Å². The Hall–Kier alpha value is -3.43. The zero-order valence-corrected chi connectivity index (χ0v) is 24.5. The summed E-state index contributed by atoms with van der Waals surface area (Å²) in [5.74, 6) is 1.25. The van der Waals surface area contributed by atoms with Gasteiger partial charge in [-0.3, -0.25) is 14.5 Å². The number of methoxy groups -OCH3 is 2. The Morgan fingerprint density at radius 3 is 2.44 bits per heavy atom. The van der Waals surface area contributed by atoms with E-state index in [1.165, 1.54) is 0 Å². The van der Waals surface area contributed by atoms with Crippen molar-refractivity contribution in [1.82, 2.24) is 14.8 Å².